The van der Waals surface area contributed by atoms with E-state index >= 15 is 0 Å². The molecule has 0 aromatic carbocycles. The van der Waals surface area contributed by atoms with Crippen molar-refractivity contribution in [1.82, 2.24) is 9.13 Å². The molecule has 2 aromatic heterocycles. The van der Waals surface area contributed by atoms with Crippen LogP contribution in [0.3, 0.4) is 0 Å². The number of hydrogen-bond donors (Lipinski definition) is 2. The third kappa shape index (κ3) is 4.21. The van der Waals surface area contributed by atoms with E-state index in [2.05, 4.69) is 0 Å². The lowest BCUT2D eigenvalue weighted by atomic mass is 9.65. The topological polar surface area (TPSA) is 103 Å². The van der Waals surface area contributed by atoms with Crippen LogP contribution in [-0.4, -0.2) is 46.8 Å². The summed E-state index contributed by atoms with van der Waals surface area (Å²) >= 11 is 0. The van der Waals surface area contributed by atoms with Crippen molar-refractivity contribution in [2.75, 3.05) is 27.4 Å². The maximum atomic E-state index is 13.7. The summed E-state index contributed by atoms with van der Waals surface area (Å²) in [7, 11) is 3.13. The fourth-order valence-electron chi connectivity index (χ4n) is 5.11. The summed E-state index contributed by atoms with van der Waals surface area (Å²) in [5, 5.41) is 22.0. The second kappa shape index (κ2) is 9.92. The van der Waals surface area contributed by atoms with Crippen molar-refractivity contribution in [3.63, 3.8) is 0 Å². The monoisotopic (exact) mass is 446 g/mol. The first kappa shape index (κ1) is 24.1. The quantitative estimate of drug-likeness (QED) is 0.646. The Balaban J connectivity index is 2.34. The molecule has 0 saturated heterocycles. The summed E-state index contributed by atoms with van der Waals surface area (Å²) in [5.74, 6) is -0.267. The molecule has 0 unspecified atom stereocenters. The number of nitrogens with zero attached hydrogens (tertiary/aromatic N) is 2. The SMILES string of the molecule is COCCn1c(C)cc(O)c(C2(c3c(O)cc(C)n(CCOC)c3=O)CCCCC2)c1=O. The first-order valence-corrected chi connectivity index (χ1v) is 11.1. The average Bonchev–Trinajstić information content (AvgIpc) is 2.73. The molecule has 8 nitrogen and oxygen atoms in total. The number of hydrogen-bond acceptors (Lipinski definition) is 6. The Morgan fingerprint density at radius 2 is 1.22 bits per heavy atom. The lowest BCUT2D eigenvalue weighted by molar-refractivity contribution is 0.184. The molecule has 176 valence electrons. The van der Waals surface area contributed by atoms with Gasteiger partial charge in [0, 0.05) is 44.1 Å². The molecule has 1 saturated carbocycles. The Kier molecular flexibility index (Phi) is 7.46. The summed E-state index contributed by atoms with van der Waals surface area (Å²) < 4.78 is 13.5. The molecule has 2 aromatic rings. The van der Waals surface area contributed by atoms with Crippen LogP contribution in [0.4, 0.5) is 0 Å². The molecule has 1 aliphatic carbocycles. The van der Waals surface area contributed by atoms with Gasteiger partial charge in [0.2, 0.25) is 0 Å². The number of rotatable bonds is 8. The minimum atomic E-state index is -1.06. The Labute approximate surface area is 188 Å². The summed E-state index contributed by atoms with van der Waals surface area (Å²) in [5.41, 5.74) is -0.142. The Hall–Kier alpha value is -2.58. The zero-order chi connectivity index (χ0) is 23.5. The Bertz CT molecular complexity index is 1000. The van der Waals surface area contributed by atoms with E-state index in [1.165, 1.54) is 0 Å². The third-order valence-corrected chi connectivity index (χ3v) is 6.68. The summed E-state index contributed by atoms with van der Waals surface area (Å²) in [6, 6.07) is 3.13. The van der Waals surface area contributed by atoms with Gasteiger partial charge >= 0.3 is 0 Å². The van der Waals surface area contributed by atoms with Crippen molar-refractivity contribution in [3.05, 3.63) is 55.4 Å². The highest BCUT2D eigenvalue weighted by Gasteiger charge is 2.44. The van der Waals surface area contributed by atoms with Gasteiger partial charge in [0.15, 0.2) is 0 Å². The van der Waals surface area contributed by atoms with E-state index in [4.69, 9.17) is 9.47 Å². The minimum Gasteiger partial charge on any atom is -0.507 e. The number of ether oxygens (including phenoxy) is 2. The predicted octanol–water partition coefficient (Wildman–Crippen LogP) is 2.58. The second-order valence-electron chi connectivity index (χ2n) is 8.63. The summed E-state index contributed by atoms with van der Waals surface area (Å²) in [6.07, 6.45) is 3.54. The smallest absolute Gasteiger partial charge is 0.258 e. The van der Waals surface area contributed by atoms with Gasteiger partial charge in [-0.15, -0.1) is 0 Å². The predicted molar refractivity (Wildman–Crippen MR) is 122 cm³/mol. The van der Waals surface area contributed by atoms with Crippen LogP contribution in [-0.2, 0) is 28.0 Å². The zero-order valence-corrected chi connectivity index (χ0v) is 19.4. The van der Waals surface area contributed by atoms with Crippen molar-refractivity contribution in [2.45, 2.75) is 64.5 Å². The van der Waals surface area contributed by atoms with Gasteiger partial charge in [-0.2, -0.15) is 0 Å². The van der Waals surface area contributed by atoms with Crippen molar-refractivity contribution in [1.29, 1.82) is 0 Å². The van der Waals surface area contributed by atoms with E-state index in [1.54, 1.807) is 49.3 Å². The van der Waals surface area contributed by atoms with E-state index < -0.39 is 5.41 Å². The second-order valence-corrected chi connectivity index (χ2v) is 8.63. The van der Waals surface area contributed by atoms with E-state index in [9.17, 15) is 19.8 Å². The van der Waals surface area contributed by atoms with Crippen molar-refractivity contribution < 1.29 is 19.7 Å². The molecule has 3 rings (SSSR count). The largest absolute Gasteiger partial charge is 0.507 e. The van der Waals surface area contributed by atoms with Gasteiger partial charge in [-0.3, -0.25) is 9.59 Å². The fraction of sp³-hybridized carbons (Fsp3) is 0.583. The highest BCUT2D eigenvalue weighted by atomic mass is 16.5. The molecule has 8 heteroatoms. The van der Waals surface area contributed by atoms with E-state index in [-0.39, 0.29) is 33.7 Å². The molecule has 0 aliphatic heterocycles. The number of aromatic nitrogens is 2. The van der Waals surface area contributed by atoms with Gasteiger partial charge in [0.25, 0.3) is 11.1 Å². The Morgan fingerprint density at radius 1 is 0.812 bits per heavy atom. The van der Waals surface area contributed by atoms with Gasteiger partial charge < -0.3 is 28.8 Å². The maximum absolute atomic E-state index is 13.7. The molecular weight excluding hydrogens is 412 g/mol. The molecule has 2 N–H and O–H groups in total. The molecule has 1 aliphatic rings. The van der Waals surface area contributed by atoms with Gasteiger partial charge in [-0.25, -0.2) is 0 Å². The first-order valence-electron chi connectivity index (χ1n) is 11.1. The lowest BCUT2D eigenvalue weighted by Gasteiger charge is -2.38. The van der Waals surface area contributed by atoms with Crippen LogP contribution in [0.1, 0.15) is 54.6 Å². The van der Waals surface area contributed by atoms with Crippen molar-refractivity contribution >= 4 is 0 Å². The fourth-order valence-corrected chi connectivity index (χ4v) is 5.11. The van der Waals surface area contributed by atoms with Crippen LogP contribution >= 0.6 is 0 Å². The maximum Gasteiger partial charge on any atom is 0.258 e. The van der Waals surface area contributed by atoms with Gasteiger partial charge in [0.1, 0.15) is 11.5 Å². The van der Waals surface area contributed by atoms with Gasteiger partial charge in [-0.05, 0) is 38.8 Å². The molecule has 2 heterocycles. The van der Waals surface area contributed by atoms with Gasteiger partial charge in [0.05, 0.1) is 24.3 Å². The highest BCUT2D eigenvalue weighted by molar-refractivity contribution is 5.51. The number of methoxy groups -OCH3 is 2. The minimum absolute atomic E-state index is 0.133. The van der Waals surface area contributed by atoms with Crippen molar-refractivity contribution in [3.8, 4) is 11.5 Å². The molecule has 0 spiro atoms. The van der Waals surface area contributed by atoms with Crippen LogP contribution in [0, 0.1) is 13.8 Å². The normalized spacial score (nSPS) is 15.8. The summed E-state index contributed by atoms with van der Waals surface area (Å²) in [4.78, 5) is 27.4. The van der Waals surface area contributed by atoms with Crippen LogP contribution < -0.4 is 11.1 Å². The molecular formula is C24H34N2O6. The summed E-state index contributed by atoms with van der Waals surface area (Å²) in [6.45, 7) is 4.88. The van der Waals surface area contributed by atoms with Crippen LogP contribution in [0.5, 0.6) is 11.5 Å². The number of pyridine rings is 2. The van der Waals surface area contributed by atoms with Gasteiger partial charge in [-0.1, -0.05) is 19.3 Å². The molecule has 0 radical (unpaired) electrons. The van der Waals surface area contributed by atoms with E-state index in [0.717, 1.165) is 19.3 Å². The van der Waals surface area contributed by atoms with E-state index in [1.807, 2.05) is 0 Å². The van der Waals surface area contributed by atoms with Crippen LogP contribution in [0.15, 0.2) is 21.7 Å². The average molecular weight is 447 g/mol. The highest BCUT2D eigenvalue weighted by Crippen LogP contribution is 2.48. The molecule has 0 bridgehead atoms. The lowest BCUT2D eigenvalue weighted by Crippen LogP contribution is -2.44. The number of aromatic hydroxyl groups is 2. The molecule has 32 heavy (non-hydrogen) atoms. The first-order chi connectivity index (χ1) is 15.3. The zero-order valence-electron chi connectivity index (χ0n) is 19.4. The van der Waals surface area contributed by atoms with Crippen LogP contribution in [0.25, 0.3) is 0 Å². The molecule has 1 fully saturated rings. The molecule has 0 amide bonds. The molecule has 0 atom stereocenters. The van der Waals surface area contributed by atoms with Crippen molar-refractivity contribution in [2.24, 2.45) is 0 Å². The Morgan fingerprint density at radius 3 is 1.59 bits per heavy atom. The van der Waals surface area contributed by atoms with Crippen LogP contribution in [0.2, 0.25) is 0 Å². The number of aryl methyl sites for hydroxylation is 2. The van der Waals surface area contributed by atoms with E-state index in [0.29, 0.717) is 50.5 Å². The third-order valence-electron chi connectivity index (χ3n) is 6.68. The standard InChI is InChI=1S/C24H34N2O6/c1-16-14-18(27)20(22(29)25(16)10-12-31-3)24(8-6-5-7-9-24)21-19(28)15-17(2)26(23(21)30)11-13-32-4/h14-15,27-28H,5-13H2,1-4H3.